The zero-order valence-electron chi connectivity index (χ0n) is 14.5. The minimum Gasteiger partial charge on any atom is -0.306 e. The molecule has 0 amide bonds. The van der Waals surface area contributed by atoms with E-state index in [2.05, 4.69) is 16.9 Å². The molecule has 0 bridgehead atoms. The molecule has 0 spiro atoms. The van der Waals surface area contributed by atoms with Crippen molar-refractivity contribution < 1.29 is 8.78 Å². The van der Waals surface area contributed by atoms with Crippen LogP contribution in [-0.4, -0.2) is 35.0 Å². The van der Waals surface area contributed by atoms with Crippen LogP contribution in [0.1, 0.15) is 23.8 Å². The number of likely N-dealkylation sites (tertiary alicyclic amines) is 1. The van der Waals surface area contributed by atoms with Crippen LogP contribution in [0.4, 0.5) is 8.78 Å². The van der Waals surface area contributed by atoms with Gasteiger partial charge in [0.25, 0.3) is 0 Å². The molecular formula is C20H19F2N3S. The Hall–Kier alpha value is -2.18. The van der Waals surface area contributed by atoms with Gasteiger partial charge in [0.2, 0.25) is 5.95 Å². The van der Waals surface area contributed by atoms with Gasteiger partial charge in [0.1, 0.15) is 5.82 Å². The summed E-state index contributed by atoms with van der Waals surface area (Å²) in [4.78, 5) is 11.8. The Balaban J connectivity index is 1.78. The normalized spacial score (nSPS) is 16.1. The first kappa shape index (κ1) is 17.2. The number of aromatic nitrogens is 2. The van der Waals surface area contributed by atoms with Gasteiger partial charge in [-0.15, -0.1) is 11.3 Å². The van der Waals surface area contributed by atoms with Crippen LogP contribution in [0, 0.1) is 11.8 Å². The highest BCUT2D eigenvalue weighted by molar-refractivity contribution is 7.15. The van der Waals surface area contributed by atoms with Gasteiger partial charge < -0.3 is 4.90 Å². The van der Waals surface area contributed by atoms with Gasteiger partial charge in [-0.05, 0) is 68.9 Å². The fourth-order valence-electron chi connectivity index (χ4n) is 3.31. The van der Waals surface area contributed by atoms with E-state index in [0.29, 0.717) is 5.92 Å². The second-order valence-corrected chi connectivity index (χ2v) is 7.71. The van der Waals surface area contributed by atoms with Crippen LogP contribution in [0.3, 0.4) is 0 Å². The summed E-state index contributed by atoms with van der Waals surface area (Å²) in [7, 11) is 2.13. The predicted octanol–water partition coefficient (Wildman–Crippen LogP) is 4.96. The number of halogens is 2. The Kier molecular flexibility index (Phi) is 4.78. The summed E-state index contributed by atoms with van der Waals surface area (Å²) in [5.41, 5.74) is 2.39. The molecule has 134 valence electrons. The molecule has 26 heavy (non-hydrogen) atoms. The first-order valence-electron chi connectivity index (χ1n) is 8.67. The van der Waals surface area contributed by atoms with Crippen LogP contribution in [0.5, 0.6) is 0 Å². The van der Waals surface area contributed by atoms with E-state index >= 15 is 0 Å². The minimum absolute atomic E-state index is 0.281. The van der Waals surface area contributed by atoms with Gasteiger partial charge in [-0.25, -0.2) is 14.4 Å². The summed E-state index contributed by atoms with van der Waals surface area (Å²) >= 11 is 1.61. The Bertz CT molecular complexity index is 900. The summed E-state index contributed by atoms with van der Waals surface area (Å²) in [5, 5.41) is 1.07. The maximum Gasteiger partial charge on any atom is 0.213 e. The van der Waals surface area contributed by atoms with Gasteiger partial charge in [-0.2, -0.15) is 4.39 Å². The van der Waals surface area contributed by atoms with E-state index in [9.17, 15) is 8.78 Å². The Morgan fingerprint density at radius 2 is 1.77 bits per heavy atom. The van der Waals surface area contributed by atoms with Crippen LogP contribution < -0.4 is 0 Å². The summed E-state index contributed by atoms with van der Waals surface area (Å²) in [5.74, 6) is -0.381. The molecule has 3 aromatic rings. The summed E-state index contributed by atoms with van der Waals surface area (Å²) in [6, 6.07) is 9.54. The van der Waals surface area contributed by atoms with Crippen molar-refractivity contribution in [1.82, 2.24) is 14.9 Å². The smallest absolute Gasteiger partial charge is 0.213 e. The van der Waals surface area contributed by atoms with Crippen LogP contribution >= 0.6 is 11.3 Å². The van der Waals surface area contributed by atoms with Gasteiger partial charge in [0, 0.05) is 23.7 Å². The standard InChI is InChI=1S/C20H19F2N3S/c1-25-10-7-14(8-11-25)20-24-18(13-2-4-16(21)5-3-13)19(26-20)15-6-9-23-17(22)12-15/h2-6,9,12,14H,7-8,10-11H2,1H3. The molecule has 4 rings (SSSR count). The average molecular weight is 371 g/mol. The van der Waals surface area contributed by atoms with Crippen molar-refractivity contribution in [3.63, 3.8) is 0 Å². The molecule has 0 N–H and O–H groups in total. The highest BCUT2D eigenvalue weighted by Gasteiger charge is 2.24. The quantitative estimate of drug-likeness (QED) is 0.610. The molecule has 1 aromatic carbocycles. The Morgan fingerprint density at radius 3 is 2.46 bits per heavy atom. The van der Waals surface area contributed by atoms with Crippen molar-refractivity contribution in [2.24, 2.45) is 0 Å². The van der Waals surface area contributed by atoms with E-state index in [-0.39, 0.29) is 5.82 Å². The molecule has 1 aliphatic heterocycles. The molecular weight excluding hydrogens is 352 g/mol. The number of pyridine rings is 1. The lowest BCUT2D eigenvalue weighted by molar-refractivity contribution is 0.255. The maximum atomic E-state index is 13.7. The van der Waals surface area contributed by atoms with Crippen LogP contribution in [-0.2, 0) is 0 Å². The van der Waals surface area contributed by atoms with E-state index < -0.39 is 5.95 Å². The fourth-order valence-corrected chi connectivity index (χ4v) is 4.56. The largest absolute Gasteiger partial charge is 0.306 e. The van der Waals surface area contributed by atoms with Gasteiger partial charge in [-0.1, -0.05) is 0 Å². The highest BCUT2D eigenvalue weighted by atomic mass is 32.1. The van der Waals surface area contributed by atoms with E-state index in [1.165, 1.54) is 24.4 Å². The third kappa shape index (κ3) is 3.52. The zero-order chi connectivity index (χ0) is 18.1. The molecule has 1 saturated heterocycles. The predicted molar refractivity (Wildman–Crippen MR) is 100 cm³/mol. The number of thiazole rings is 1. The lowest BCUT2D eigenvalue weighted by Crippen LogP contribution is -2.29. The van der Waals surface area contributed by atoms with Crippen molar-refractivity contribution in [2.45, 2.75) is 18.8 Å². The number of nitrogens with zero attached hydrogens (tertiary/aromatic N) is 3. The summed E-state index contributed by atoms with van der Waals surface area (Å²) < 4.78 is 27.0. The second kappa shape index (κ2) is 7.21. The van der Waals surface area contributed by atoms with Crippen molar-refractivity contribution in [2.75, 3.05) is 20.1 Å². The SMILES string of the molecule is CN1CCC(c2nc(-c3ccc(F)cc3)c(-c3ccnc(F)c3)s2)CC1. The van der Waals surface area contributed by atoms with Gasteiger partial charge in [0.15, 0.2) is 0 Å². The van der Waals surface area contributed by atoms with E-state index in [1.54, 1.807) is 29.5 Å². The molecule has 0 atom stereocenters. The van der Waals surface area contributed by atoms with Crippen LogP contribution in [0.2, 0.25) is 0 Å². The number of hydrogen-bond donors (Lipinski definition) is 0. The maximum absolute atomic E-state index is 13.7. The molecule has 0 radical (unpaired) electrons. The third-order valence-corrected chi connectivity index (χ3v) is 6.08. The van der Waals surface area contributed by atoms with Crippen molar-refractivity contribution in [1.29, 1.82) is 0 Å². The summed E-state index contributed by atoms with van der Waals surface area (Å²) in [6.07, 6.45) is 3.60. The number of rotatable bonds is 3. The van der Waals surface area contributed by atoms with Crippen molar-refractivity contribution in [3.8, 4) is 21.7 Å². The van der Waals surface area contributed by atoms with E-state index in [0.717, 1.165) is 52.6 Å². The van der Waals surface area contributed by atoms with E-state index in [4.69, 9.17) is 4.98 Å². The van der Waals surface area contributed by atoms with Gasteiger partial charge in [0.05, 0.1) is 15.6 Å². The molecule has 2 aromatic heterocycles. The minimum atomic E-state index is -0.512. The second-order valence-electron chi connectivity index (χ2n) is 6.68. The Labute approximate surface area is 155 Å². The van der Waals surface area contributed by atoms with Crippen molar-refractivity contribution >= 4 is 11.3 Å². The van der Waals surface area contributed by atoms with Crippen LogP contribution in [0.15, 0.2) is 42.6 Å². The lowest BCUT2D eigenvalue weighted by Gasteiger charge is -2.27. The topological polar surface area (TPSA) is 29.0 Å². The summed E-state index contributed by atoms with van der Waals surface area (Å²) in [6.45, 7) is 2.10. The van der Waals surface area contributed by atoms with Crippen LogP contribution in [0.25, 0.3) is 21.7 Å². The van der Waals surface area contributed by atoms with Gasteiger partial charge in [-0.3, -0.25) is 0 Å². The molecule has 3 nitrogen and oxygen atoms in total. The molecule has 6 heteroatoms. The van der Waals surface area contributed by atoms with Crippen molar-refractivity contribution in [3.05, 3.63) is 59.4 Å². The monoisotopic (exact) mass is 371 g/mol. The first-order chi connectivity index (χ1) is 12.6. The molecule has 3 heterocycles. The Morgan fingerprint density at radius 1 is 1.04 bits per heavy atom. The molecule has 0 unspecified atom stereocenters. The fraction of sp³-hybridized carbons (Fsp3) is 0.300. The number of benzene rings is 1. The highest BCUT2D eigenvalue weighted by Crippen LogP contribution is 2.41. The molecule has 1 fully saturated rings. The van der Waals surface area contributed by atoms with Gasteiger partial charge >= 0.3 is 0 Å². The zero-order valence-corrected chi connectivity index (χ0v) is 15.3. The molecule has 1 aliphatic rings. The average Bonchev–Trinajstić information content (AvgIpc) is 3.08. The molecule has 0 aliphatic carbocycles. The number of hydrogen-bond acceptors (Lipinski definition) is 4. The third-order valence-electron chi connectivity index (χ3n) is 4.82. The first-order valence-corrected chi connectivity index (χ1v) is 9.49. The van der Waals surface area contributed by atoms with E-state index in [1.807, 2.05) is 0 Å². The lowest BCUT2D eigenvalue weighted by atomic mass is 9.98. The molecule has 0 saturated carbocycles. The number of piperidine rings is 1.